The summed E-state index contributed by atoms with van der Waals surface area (Å²) in [5.74, 6) is 0.172. The first-order valence-electron chi connectivity index (χ1n) is 10.3. The Balaban J connectivity index is 1.60. The molecule has 7 heteroatoms. The number of aromatic nitrogens is 3. The minimum Gasteiger partial charge on any atom is -0.394 e. The Kier molecular flexibility index (Phi) is 6.00. The van der Waals surface area contributed by atoms with Crippen LogP contribution in [-0.4, -0.2) is 32.4 Å². The van der Waals surface area contributed by atoms with E-state index in [9.17, 15) is 9.90 Å². The molecule has 2 aromatic carbocycles. The second kappa shape index (κ2) is 9.03. The zero-order valence-corrected chi connectivity index (χ0v) is 18.0. The van der Waals surface area contributed by atoms with Gasteiger partial charge in [0.1, 0.15) is 5.82 Å². The second-order valence-corrected chi connectivity index (χ2v) is 7.71. The number of aryl methyl sites for hydroxylation is 2. The van der Waals surface area contributed by atoms with Gasteiger partial charge in [-0.15, -0.1) is 0 Å². The van der Waals surface area contributed by atoms with E-state index >= 15 is 0 Å². The Morgan fingerprint density at radius 2 is 1.88 bits per heavy atom. The summed E-state index contributed by atoms with van der Waals surface area (Å²) in [7, 11) is 1.86. The second-order valence-electron chi connectivity index (χ2n) is 7.71. The molecule has 2 aromatic heterocycles. The van der Waals surface area contributed by atoms with Crippen LogP contribution in [0.2, 0.25) is 0 Å². The molecule has 4 aromatic rings. The number of nitrogens with two attached hydrogens (primary N) is 1. The van der Waals surface area contributed by atoms with E-state index in [-0.39, 0.29) is 12.5 Å². The highest BCUT2D eigenvalue weighted by atomic mass is 16.3. The molecule has 0 bridgehead atoms. The molecule has 0 radical (unpaired) electrons. The van der Waals surface area contributed by atoms with Crippen LogP contribution in [0.3, 0.4) is 0 Å². The van der Waals surface area contributed by atoms with Gasteiger partial charge in [-0.1, -0.05) is 42.5 Å². The maximum absolute atomic E-state index is 12.9. The molecule has 1 unspecified atom stereocenters. The summed E-state index contributed by atoms with van der Waals surface area (Å²) in [6.45, 7) is 1.69. The van der Waals surface area contributed by atoms with Crippen LogP contribution < -0.4 is 11.1 Å². The van der Waals surface area contributed by atoms with Gasteiger partial charge in [-0.25, -0.2) is 4.98 Å². The standard InChI is InChI=1S/C25H25N5O2/c1-16-10-18(22-11-19(12-27-24(22)26)20-13-28-30(2)14-20)8-9-21(16)25(32)29-23(15-31)17-6-4-3-5-7-17/h3-14,23,31H,15H2,1-2H3,(H2,26,27)(H,29,32). The smallest absolute Gasteiger partial charge is 0.252 e. The number of aliphatic hydroxyl groups is 1. The zero-order valence-electron chi connectivity index (χ0n) is 18.0. The molecule has 2 heterocycles. The third-order valence-electron chi connectivity index (χ3n) is 5.43. The average Bonchev–Trinajstić information content (AvgIpc) is 3.24. The van der Waals surface area contributed by atoms with Gasteiger partial charge in [0.2, 0.25) is 0 Å². The molecule has 32 heavy (non-hydrogen) atoms. The lowest BCUT2D eigenvalue weighted by Crippen LogP contribution is -2.31. The molecular weight excluding hydrogens is 402 g/mol. The molecule has 162 valence electrons. The van der Waals surface area contributed by atoms with Crippen molar-refractivity contribution in [1.82, 2.24) is 20.1 Å². The number of nitrogens with zero attached hydrogens (tertiary/aromatic N) is 3. The van der Waals surface area contributed by atoms with Crippen LogP contribution in [0.4, 0.5) is 5.82 Å². The van der Waals surface area contributed by atoms with Crippen LogP contribution in [0.15, 0.2) is 73.2 Å². The van der Waals surface area contributed by atoms with Crippen molar-refractivity contribution >= 4 is 11.7 Å². The summed E-state index contributed by atoms with van der Waals surface area (Å²) in [5.41, 5.74) is 11.9. The summed E-state index contributed by atoms with van der Waals surface area (Å²) in [6.07, 6.45) is 5.42. The van der Waals surface area contributed by atoms with Gasteiger partial charge in [-0.2, -0.15) is 5.10 Å². The Bertz CT molecular complexity index is 1250. The third-order valence-corrected chi connectivity index (χ3v) is 5.43. The maximum Gasteiger partial charge on any atom is 0.252 e. The van der Waals surface area contributed by atoms with Crippen molar-refractivity contribution in [3.05, 3.63) is 89.9 Å². The van der Waals surface area contributed by atoms with Crippen LogP contribution in [0.25, 0.3) is 22.3 Å². The van der Waals surface area contributed by atoms with Crippen LogP contribution in [0, 0.1) is 6.92 Å². The topological polar surface area (TPSA) is 106 Å². The lowest BCUT2D eigenvalue weighted by molar-refractivity contribution is 0.0915. The summed E-state index contributed by atoms with van der Waals surface area (Å²) >= 11 is 0. The van der Waals surface area contributed by atoms with E-state index in [2.05, 4.69) is 15.4 Å². The van der Waals surface area contributed by atoms with Crippen LogP contribution >= 0.6 is 0 Å². The van der Waals surface area contributed by atoms with Crippen molar-refractivity contribution in [2.45, 2.75) is 13.0 Å². The number of pyridine rings is 1. The highest BCUT2D eigenvalue weighted by Gasteiger charge is 2.17. The molecule has 0 aliphatic carbocycles. The predicted octanol–water partition coefficient (Wildman–Crippen LogP) is 3.50. The minimum absolute atomic E-state index is 0.184. The number of hydrogen-bond donors (Lipinski definition) is 3. The van der Waals surface area contributed by atoms with Crippen molar-refractivity contribution < 1.29 is 9.90 Å². The van der Waals surface area contributed by atoms with E-state index in [1.165, 1.54) is 0 Å². The summed E-state index contributed by atoms with van der Waals surface area (Å²) in [5, 5.41) is 16.9. The van der Waals surface area contributed by atoms with E-state index < -0.39 is 6.04 Å². The van der Waals surface area contributed by atoms with Crippen molar-refractivity contribution in [1.29, 1.82) is 0 Å². The Morgan fingerprint density at radius 3 is 2.53 bits per heavy atom. The van der Waals surface area contributed by atoms with Crippen LogP contribution in [-0.2, 0) is 7.05 Å². The zero-order chi connectivity index (χ0) is 22.7. The summed E-state index contributed by atoms with van der Waals surface area (Å²) in [4.78, 5) is 17.2. The fourth-order valence-electron chi connectivity index (χ4n) is 3.68. The summed E-state index contributed by atoms with van der Waals surface area (Å²) in [6, 6.07) is 16.5. The van der Waals surface area contributed by atoms with Crippen molar-refractivity contribution in [3.8, 4) is 22.3 Å². The van der Waals surface area contributed by atoms with E-state index in [4.69, 9.17) is 5.73 Å². The van der Waals surface area contributed by atoms with E-state index in [1.807, 2.05) is 68.7 Å². The number of nitrogen functional groups attached to an aromatic ring is 1. The first kappa shape index (κ1) is 21.3. The van der Waals surface area contributed by atoms with Gasteiger partial charge < -0.3 is 16.2 Å². The monoisotopic (exact) mass is 427 g/mol. The molecule has 0 fully saturated rings. The summed E-state index contributed by atoms with van der Waals surface area (Å²) < 4.78 is 1.73. The Hall–Kier alpha value is -3.97. The Morgan fingerprint density at radius 1 is 1.09 bits per heavy atom. The molecule has 0 spiro atoms. The minimum atomic E-state index is -0.473. The van der Waals surface area contributed by atoms with Gasteiger partial charge in [0.05, 0.1) is 18.8 Å². The lowest BCUT2D eigenvalue weighted by atomic mass is 9.97. The molecule has 0 aliphatic heterocycles. The number of anilines is 1. The molecule has 0 aliphatic rings. The highest BCUT2D eigenvalue weighted by molar-refractivity contribution is 5.96. The van der Waals surface area contributed by atoms with Gasteiger partial charge in [0.15, 0.2) is 0 Å². The molecular formula is C25H25N5O2. The quantitative estimate of drug-likeness (QED) is 0.437. The first-order chi connectivity index (χ1) is 15.5. The maximum atomic E-state index is 12.9. The number of amides is 1. The predicted molar refractivity (Wildman–Crippen MR) is 125 cm³/mol. The molecule has 1 amide bonds. The van der Waals surface area contributed by atoms with Gasteiger partial charge in [0.25, 0.3) is 5.91 Å². The van der Waals surface area contributed by atoms with E-state index in [1.54, 1.807) is 23.1 Å². The van der Waals surface area contributed by atoms with Gasteiger partial charge in [-0.3, -0.25) is 9.48 Å². The normalized spacial score (nSPS) is 11.8. The molecule has 4 N–H and O–H groups in total. The fraction of sp³-hybridized carbons (Fsp3) is 0.160. The first-order valence-corrected chi connectivity index (χ1v) is 10.3. The number of carbonyl (C=O) groups excluding carboxylic acids is 1. The number of nitrogens with one attached hydrogen (secondary N) is 1. The molecule has 0 saturated carbocycles. The highest BCUT2D eigenvalue weighted by Crippen LogP contribution is 2.30. The molecule has 7 nitrogen and oxygen atoms in total. The van der Waals surface area contributed by atoms with Crippen LogP contribution in [0.5, 0.6) is 0 Å². The van der Waals surface area contributed by atoms with Crippen LogP contribution in [0.1, 0.15) is 27.5 Å². The van der Waals surface area contributed by atoms with Gasteiger partial charge >= 0.3 is 0 Å². The Labute approximate surface area is 186 Å². The van der Waals surface area contributed by atoms with Gasteiger partial charge in [-0.05, 0) is 35.7 Å². The van der Waals surface area contributed by atoms with Crippen molar-refractivity contribution in [3.63, 3.8) is 0 Å². The van der Waals surface area contributed by atoms with Gasteiger partial charge in [0, 0.05) is 41.7 Å². The van der Waals surface area contributed by atoms with Crippen molar-refractivity contribution in [2.24, 2.45) is 7.05 Å². The number of rotatable bonds is 6. The molecule has 1 atom stereocenters. The molecule has 0 saturated heterocycles. The van der Waals surface area contributed by atoms with E-state index in [0.717, 1.165) is 33.4 Å². The third kappa shape index (κ3) is 4.38. The largest absolute Gasteiger partial charge is 0.394 e. The number of hydrogen-bond acceptors (Lipinski definition) is 5. The fourth-order valence-corrected chi connectivity index (χ4v) is 3.68. The van der Waals surface area contributed by atoms with Crippen molar-refractivity contribution in [2.75, 3.05) is 12.3 Å². The number of aliphatic hydroxyl groups excluding tert-OH is 1. The number of benzene rings is 2. The SMILES string of the molecule is Cc1cc(-c2cc(-c3cnn(C)c3)cnc2N)ccc1C(=O)NC(CO)c1ccccc1. The average molecular weight is 428 g/mol. The molecule has 4 rings (SSSR count). The lowest BCUT2D eigenvalue weighted by Gasteiger charge is -2.18. The van der Waals surface area contributed by atoms with E-state index in [0.29, 0.717) is 11.4 Å². The number of carbonyl (C=O) groups is 1.